The van der Waals surface area contributed by atoms with Gasteiger partial charge in [-0.05, 0) is 24.8 Å². The van der Waals surface area contributed by atoms with Gasteiger partial charge in [0.1, 0.15) is 11.2 Å². The van der Waals surface area contributed by atoms with E-state index in [0.29, 0.717) is 12.1 Å². The standard InChI is InChI=1S/C13H12F2N2O4/c14-9-3-8(11(17(20)21)4-10(9)15)12(18)16-5-13(19,6-16)7-1-2-7/h3-4,7,19H,1-2,5-6H2. The molecule has 1 saturated heterocycles. The zero-order valence-electron chi connectivity index (χ0n) is 10.9. The normalized spacial score (nSPS) is 20.0. The SMILES string of the molecule is O=C(c1cc(F)c(F)cc1[N+](=O)[O-])N1CC(O)(C2CC2)C1. The first-order chi connectivity index (χ1) is 9.82. The topological polar surface area (TPSA) is 83.7 Å². The van der Waals surface area contributed by atoms with Gasteiger partial charge in [-0.25, -0.2) is 8.78 Å². The third-order valence-corrected chi connectivity index (χ3v) is 4.02. The minimum atomic E-state index is -1.38. The molecule has 1 aromatic rings. The molecule has 2 aliphatic rings. The van der Waals surface area contributed by atoms with Crippen LogP contribution < -0.4 is 0 Å². The van der Waals surface area contributed by atoms with Crippen LogP contribution in [0.25, 0.3) is 0 Å². The molecule has 0 radical (unpaired) electrons. The lowest BCUT2D eigenvalue weighted by molar-refractivity contribution is -0.385. The number of amides is 1. The van der Waals surface area contributed by atoms with Gasteiger partial charge in [0.25, 0.3) is 11.6 Å². The highest BCUT2D eigenvalue weighted by molar-refractivity contribution is 5.98. The second-order valence-electron chi connectivity index (χ2n) is 5.58. The number of β-amino-alcohol motifs (C(OH)–C–C–N with tert-alkyl or cyclic N) is 1. The summed E-state index contributed by atoms with van der Waals surface area (Å²) in [4.78, 5) is 23.3. The van der Waals surface area contributed by atoms with E-state index in [2.05, 4.69) is 0 Å². The second-order valence-corrected chi connectivity index (χ2v) is 5.58. The molecule has 0 unspecified atom stereocenters. The number of carbonyl (C=O) groups excluding carboxylic acids is 1. The molecule has 8 heteroatoms. The van der Waals surface area contributed by atoms with Crippen LogP contribution in [0.15, 0.2) is 12.1 Å². The molecule has 1 amide bonds. The van der Waals surface area contributed by atoms with Crippen molar-refractivity contribution in [2.24, 2.45) is 5.92 Å². The molecule has 1 aromatic carbocycles. The van der Waals surface area contributed by atoms with Crippen LogP contribution in [-0.2, 0) is 0 Å². The molecule has 0 aromatic heterocycles. The van der Waals surface area contributed by atoms with Crippen molar-refractivity contribution >= 4 is 11.6 Å². The molecule has 3 rings (SSSR count). The van der Waals surface area contributed by atoms with E-state index in [-0.39, 0.29) is 19.0 Å². The average Bonchev–Trinajstić information content (AvgIpc) is 3.21. The molecular formula is C13H12F2N2O4. The quantitative estimate of drug-likeness (QED) is 0.676. The number of likely N-dealkylation sites (tertiary alicyclic amines) is 1. The summed E-state index contributed by atoms with van der Waals surface area (Å²) in [6.45, 7) is 0.124. The minimum absolute atomic E-state index is 0.0622. The predicted molar refractivity (Wildman–Crippen MR) is 66.6 cm³/mol. The molecule has 112 valence electrons. The summed E-state index contributed by atoms with van der Waals surface area (Å²) in [6.07, 6.45) is 1.79. The maximum Gasteiger partial charge on any atom is 0.285 e. The molecule has 0 bridgehead atoms. The molecule has 1 N–H and O–H groups in total. The molecule has 1 aliphatic carbocycles. The van der Waals surface area contributed by atoms with E-state index >= 15 is 0 Å². The van der Waals surface area contributed by atoms with Crippen molar-refractivity contribution in [2.75, 3.05) is 13.1 Å². The molecule has 21 heavy (non-hydrogen) atoms. The Hall–Kier alpha value is -2.09. The number of nitro groups is 1. The van der Waals surface area contributed by atoms with Crippen LogP contribution in [0.1, 0.15) is 23.2 Å². The number of aliphatic hydroxyl groups is 1. The largest absolute Gasteiger partial charge is 0.386 e. The fourth-order valence-corrected chi connectivity index (χ4v) is 2.67. The number of benzene rings is 1. The predicted octanol–water partition coefficient (Wildman–Crippen LogP) is 1.47. The van der Waals surface area contributed by atoms with E-state index in [4.69, 9.17) is 0 Å². The Bertz CT molecular complexity index is 639. The highest BCUT2D eigenvalue weighted by Gasteiger charge is 2.53. The van der Waals surface area contributed by atoms with E-state index in [0.717, 1.165) is 12.8 Å². The van der Waals surface area contributed by atoms with Crippen molar-refractivity contribution in [3.63, 3.8) is 0 Å². The first kappa shape index (κ1) is 13.9. The van der Waals surface area contributed by atoms with E-state index in [1.54, 1.807) is 0 Å². The lowest BCUT2D eigenvalue weighted by atomic mass is 9.88. The molecule has 0 atom stereocenters. The number of nitro benzene ring substituents is 1. The summed E-state index contributed by atoms with van der Waals surface area (Å²) in [5.41, 5.74) is -2.22. The van der Waals surface area contributed by atoms with E-state index in [9.17, 15) is 28.8 Å². The molecule has 1 aliphatic heterocycles. The van der Waals surface area contributed by atoms with Gasteiger partial charge < -0.3 is 10.0 Å². The Morgan fingerprint density at radius 1 is 1.33 bits per heavy atom. The number of halogens is 2. The van der Waals surface area contributed by atoms with Crippen LogP contribution in [0.2, 0.25) is 0 Å². The number of carbonyl (C=O) groups is 1. The maximum absolute atomic E-state index is 13.2. The van der Waals surface area contributed by atoms with E-state index in [1.807, 2.05) is 0 Å². The highest BCUT2D eigenvalue weighted by atomic mass is 19.2. The molecule has 0 spiro atoms. The van der Waals surface area contributed by atoms with Gasteiger partial charge in [-0.3, -0.25) is 14.9 Å². The third-order valence-electron chi connectivity index (χ3n) is 4.02. The van der Waals surface area contributed by atoms with Crippen LogP contribution in [0.3, 0.4) is 0 Å². The summed E-state index contributed by atoms with van der Waals surface area (Å²) in [5.74, 6) is -3.31. The van der Waals surface area contributed by atoms with E-state index < -0.39 is 39.3 Å². The smallest absolute Gasteiger partial charge is 0.285 e. The van der Waals surface area contributed by atoms with Crippen molar-refractivity contribution in [1.29, 1.82) is 0 Å². The highest BCUT2D eigenvalue weighted by Crippen LogP contribution is 2.45. The summed E-state index contributed by atoms with van der Waals surface area (Å²) >= 11 is 0. The Balaban J connectivity index is 1.85. The Kier molecular flexibility index (Phi) is 2.94. The number of rotatable bonds is 3. The van der Waals surface area contributed by atoms with Gasteiger partial charge in [0.05, 0.1) is 24.1 Å². The monoisotopic (exact) mass is 298 g/mol. The molecule has 6 nitrogen and oxygen atoms in total. The number of hydrogen-bond donors (Lipinski definition) is 1. The summed E-state index contributed by atoms with van der Waals surface area (Å²) < 4.78 is 26.3. The van der Waals surface area contributed by atoms with Crippen LogP contribution in [0.4, 0.5) is 14.5 Å². The zero-order valence-corrected chi connectivity index (χ0v) is 10.9. The van der Waals surface area contributed by atoms with Crippen LogP contribution in [0.5, 0.6) is 0 Å². The van der Waals surface area contributed by atoms with Gasteiger partial charge in [-0.1, -0.05) is 0 Å². The molecule has 1 saturated carbocycles. The summed E-state index contributed by atoms with van der Waals surface area (Å²) in [6, 6.07) is 0.930. The molecule has 1 heterocycles. The fraction of sp³-hybridized carbons (Fsp3) is 0.462. The van der Waals surface area contributed by atoms with Crippen LogP contribution >= 0.6 is 0 Å². The van der Waals surface area contributed by atoms with Gasteiger partial charge in [0.15, 0.2) is 11.6 Å². The first-order valence-electron chi connectivity index (χ1n) is 6.47. The number of hydrogen-bond acceptors (Lipinski definition) is 4. The van der Waals surface area contributed by atoms with Crippen molar-refractivity contribution in [3.8, 4) is 0 Å². The maximum atomic E-state index is 13.2. The van der Waals surface area contributed by atoms with Crippen molar-refractivity contribution in [1.82, 2.24) is 4.90 Å². The average molecular weight is 298 g/mol. The van der Waals surface area contributed by atoms with Crippen molar-refractivity contribution in [2.45, 2.75) is 18.4 Å². The van der Waals surface area contributed by atoms with Gasteiger partial charge in [0, 0.05) is 0 Å². The van der Waals surface area contributed by atoms with E-state index in [1.165, 1.54) is 4.90 Å². The van der Waals surface area contributed by atoms with Gasteiger partial charge >= 0.3 is 0 Å². The Morgan fingerprint density at radius 3 is 2.43 bits per heavy atom. The second kappa shape index (κ2) is 4.45. The third kappa shape index (κ3) is 2.25. The fourth-order valence-electron chi connectivity index (χ4n) is 2.67. The molecule has 2 fully saturated rings. The summed E-state index contributed by atoms with van der Waals surface area (Å²) in [5, 5.41) is 21.0. The van der Waals surface area contributed by atoms with Gasteiger partial charge in [-0.15, -0.1) is 0 Å². The first-order valence-corrected chi connectivity index (χ1v) is 6.47. The lowest BCUT2D eigenvalue weighted by Gasteiger charge is -2.46. The Labute approximate surface area is 118 Å². The van der Waals surface area contributed by atoms with Crippen LogP contribution in [0, 0.1) is 27.7 Å². The lowest BCUT2D eigenvalue weighted by Crippen LogP contribution is -2.64. The molecular weight excluding hydrogens is 286 g/mol. The zero-order chi connectivity index (χ0) is 15.4. The minimum Gasteiger partial charge on any atom is -0.386 e. The number of nitrogens with zero attached hydrogens (tertiary/aromatic N) is 2. The Morgan fingerprint density at radius 2 is 1.90 bits per heavy atom. The van der Waals surface area contributed by atoms with Crippen molar-refractivity contribution < 1.29 is 23.6 Å². The van der Waals surface area contributed by atoms with Crippen LogP contribution in [-0.4, -0.2) is 39.5 Å². The summed E-state index contributed by atoms with van der Waals surface area (Å²) in [7, 11) is 0. The van der Waals surface area contributed by atoms with Crippen molar-refractivity contribution in [3.05, 3.63) is 39.4 Å². The van der Waals surface area contributed by atoms with Gasteiger partial charge in [-0.2, -0.15) is 0 Å². The van der Waals surface area contributed by atoms with Gasteiger partial charge in [0.2, 0.25) is 0 Å².